The average Bonchev–Trinajstić information content (AvgIpc) is 3.32. The van der Waals surface area contributed by atoms with Gasteiger partial charge in [0.2, 0.25) is 0 Å². The van der Waals surface area contributed by atoms with E-state index in [0.29, 0.717) is 0 Å². The van der Waals surface area contributed by atoms with Crippen LogP contribution in [-0.4, -0.2) is 15.4 Å². The Labute approximate surface area is 141 Å². The van der Waals surface area contributed by atoms with Crippen molar-refractivity contribution in [3.63, 3.8) is 0 Å². The fourth-order valence-electron chi connectivity index (χ4n) is 2.90. The summed E-state index contributed by atoms with van der Waals surface area (Å²) in [6, 6.07) is 18.5. The van der Waals surface area contributed by atoms with Crippen LogP contribution in [0.15, 0.2) is 70.8 Å². The van der Waals surface area contributed by atoms with Crippen molar-refractivity contribution in [3.05, 3.63) is 66.2 Å². The monoisotopic (exact) mass is 329 g/mol. The molecule has 0 saturated carbocycles. The van der Waals surface area contributed by atoms with E-state index in [-0.39, 0.29) is 0 Å². The smallest absolute Gasteiger partial charge is 0.144 e. The third-order valence-electron chi connectivity index (χ3n) is 4.08. The summed E-state index contributed by atoms with van der Waals surface area (Å²) in [6.45, 7) is 0. The van der Waals surface area contributed by atoms with Crippen molar-refractivity contribution in [2.45, 2.75) is 0 Å². The van der Waals surface area contributed by atoms with E-state index >= 15 is 0 Å². The number of hydrogen-bond acceptors (Lipinski definition) is 5. The summed E-state index contributed by atoms with van der Waals surface area (Å²) in [4.78, 5) is 1.06. The number of nitrogens with zero attached hydrogens (tertiary/aromatic N) is 3. The summed E-state index contributed by atoms with van der Waals surface area (Å²) >= 11 is 1.63. The highest BCUT2D eigenvalue weighted by atomic mass is 32.1. The molecule has 0 N–H and O–H groups in total. The van der Waals surface area contributed by atoms with Gasteiger partial charge in [-0.1, -0.05) is 47.6 Å². The van der Waals surface area contributed by atoms with Crippen molar-refractivity contribution in [1.82, 2.24) is 15.4 Å². The molecule has 114 valence electrons. The van der Waals surface area contributed by atoms with Crippen molar-refractivity contribution in [1.29, 1.82) is 0 Å². The first-order chi connectivity index (χ1) is 11.9. The van der Waals surface area contributed by atoms with Gasteiger partial charge >= 0.3 is 0 Å². The van der Waals surface area contributed by atoms with Crippen LogP contribution < -0.4 is 0 Å². The van der Waals surface area contributed by atoms with Gasteiger partial charge in [0.15, 0.2) is 0 Å². The Morgan fingerprint density at radius 2 is 1.71 bits per heavy atom. The fraction of sp³-hybridized carbons (Fsp3) is 0. The molecule has 0 aliphatic rings. The van der Waals surface area contributed by atoms with Gasteiger partial charge in [-0.15, -0.1) is 21.5 Å². The summed E-state index contributed by atoms with van der Waals surface area (Å²) in [7, 11) is 0. The first-order valence-corrected chi connectivity index (χ1v) is 8.42. The van der Waals surface area contributed by atoms with Gasteiger partial charge in [-0.05, 0) is 28.3 Å². The number of benzene rings is 2. The summed E-state index contributed by atoms with van der Waals surface area (Å²) in [5.74, 6) is 0. The van der Waals surface area contributed by atoms with Gasteiger partial charge in [0, 0.05) is 5.56 Å². The van der Waals surface area contributed by atoms with E-state index in [9.17, 15) is 0 Å². The van der Waals surface area contributed by atoms with Gasteiger partial charge in [-0.25, -0.2) is 0 Å². The molecule has 5 rings (SSSR count). The van der Waals surface area contributed by atoms with E-state index in [1.165, 1.54) is 5.39 Å². The van der Waals surface area contributed by atoms with Crippen molar-refractivity contribution in [3.8, 4) is 21.8 Å². The predicted molar refractivity (Wildman–Crippen MR) is 95.9 cm³/mol. The molecular formula is C19H11N3OS. The second-order valence-corrected chi connectivity index (χ2v) is 6.46. The Morgan fingerprint density at radius 1 is 0.833 bits per heavy atom. The normalized spacial score (nSPS) is 11.3. The highest BCUT2D eigenvalue weighted by Crippen LogP contribution is 2.34. The number of thiophene rings is 1. The van der Waals surface area contributed by atoms with E-state index in [1.54, 1.807) is 17.6 Å². The highest BCUT2D eigenvalue weighted by Gasteiger charge is 2.16. The topological polar surface area (TPSA) is 51.8 Å². The third-order valence-corrected chi connectivity index (χ3v) is 4.95. The number of aromatic nitrogens is 3. The second kappa shape index (κ2) is 5.25. The van der Waals surface area contributed by atoms with Crippen LogP contribution in [0.4, 0.5) is 0 Å². The third kappa shape index (κ3) is 2.02. The molecule has 3 heterocycles. The number of rotatable bonds is 2. The van der Waals surface area contributed by atoms with Gasteiger partial charge in [0.05, 0.1) is 10.3 Å². The maximum absolute atomic E-state index is 5.23. The van der Waals surface area contributed by atoms with Crippen molar-refractivity contribution in [2.75, 3.05) is 0 Å². The molecule has 0 aliphatic heterocycles. The Kier molecular flexibility index (Phi) is 2.93. The molecule has 0 radical (unpaired) electrons. The Balaban J connectivity index is 1.75. The first-order valence-electron chi connectivity index (χ1n) is 7.54. The lowest BCUT2D eigenvalue weighted by molar-refractivity contribution is 0.428. The zero-order valence-electron chi connectivity index (χ0n) is 12.5. The van der Waals surface area contributed by atoms with Crippen LogP contribution in [0.5, 0.6) is 0 Å². The molecule has 0 amide bonds. The standard InChI is InChI=1S/C19H11N3OS/c1-2-5-13-10-14(8-7-12(13)4-1)17-19-15(11-23-22-19)18(21-20-17)16-6-3-9-24-16/h1-11H. The summed E-state index contributed by atoms with van der Waals surface area (Å²) < 4.78 is 5.23. The molecule has 0 atom stereocenters. The Hall–Kier alpha value is -3.05. The molecule has 0 saturated heterocycles. The minimum Gasteiger partial charge on any atom is -0.363 e. The number of hydrogen-bond donors (Lipinski definition) is 0. The van der Waals surface area contributed by atoms with Crippen LogP contribution in [0.2, 0.25) is 0 Å². The van der Waals surface area contributed by atoms with E-state index in [0.717, 1.165) is 38.1 Å². The van der Waals surface area contributed by atoms with Gasteiger partial charge in [0.1, 0.15) is 23.2 Å². The zero-order valence-corrected chi connectivity index (χ0v) is 13.3. The van der Waals surface area contributed by atoms with Crippen LogP contribution in [-0.2, 0) is 0 Å². The van der Waals surface area contributed by atoms with Crippen LogP contribution in [0.25, 0.3) is 43.5 Å². The largest absolute Gasteiger partial charge is 0.363 e. The lowest BCUT2D eigenvalue weighted by Crippen LogP contribution is -1.93. The first kappa shape index (κ1) is 13.4. The van der Waals surface area contributed by atoms with Gasteiger partial charge in [0.25, 0.3) is 0 Å². The fourth-order valence-corrected chi connectivity index (χ4v) is 3.63. The minimum absolute atomic E-state index is 0.740. The zero-order chi connectivity index (χ0) is 15.9. The minimum atomic E-state index is 0.740. The Morgan fingerprint density at radius 3 is 2.58 bits per heavy atom. The van der Waals surface area contributed by atoms with Crippen LogP contribution >= 0.6 is 11.3 Å². The molecule has 5 heteroatoms. The molecule has 24 heavy (non-hydrogen) atoms. The van der Waals surface area contributed by atoms with E-state index in [2.05, 4.69) is 39.6 Å². The van der Waals surface area contributed by atoms with Gasteiger partial charge in [-0.2, -0.15) is 0 Å². The van der Waals surface area contributed by atoms with Crippen molar-refractivity contribution >= 4 is 33.0 Å². The SMILES string of the molecule is c1csc(-c2nnc(-c3ccc4ccccc4c3)c3nocc23)c1. The molecule has 0 fully saturated rings. The summed E-state index contributed by atoms with van der Waals surface area (Å²) in [6.07, 6.45) is 1.64. The van der Waals surface area contributed by atoms with Gasteiger partial charge < -0.3 is 4.52 Å². The molecule has 0 spiro atoms. The van der Waals surface area contributed by atoms with Crippen molar-refractivity contribution in [2.24, 2.45) is 0 Å². The second-order valence-electron chi connectivity index (χ2n) is 5.51. The lowest BCUT2D eigenvalue weighted by Gasteiger charge is -2.05. The molecular weight excluding hydrogens is 318 g/mol. The molecule has 5 aromatic rings. The van der Waals surface area contributed by atoms with Crippen LogP contribution in [0, 0.1) is 0 Å². The lowest BCUT2D eigenvalue weighted by atomic mass is 10.0. The summed E-state index contributed by atoms with van der Waals surface area (Å²) in [5.41, 5.74) is 3.28. The maximum Gasteiger partial charge on any atom is 0.144 e. The van der Waals surface area contributed by atoms with E-state index in [4.69, 9.17) is 4.52 Å². The quantitative estimate of drug-likeness (QED) is 0.448. The Bertz CT molecular complexity index is 1160. The van der Waals surface area contributed by atoms with E-state index < -0.39 is 0 Å². The molecule has 2 aromatic carbocycles. The van der Waals surface area contributed by atoms with Crippen molar-refractivity contribution < 1.29 is 4.52 Å². The van der Waals surface area contributed by atoms with Crippen LogP contribution in [0.3, 0.4) is 0 Å². The molecule has 4 nitrogen and oxygen atoms in total. The molecule has 3 aromatic heterocycles. The molecule has 0 bridgehead atoms. The van der Waals surface area contributed by atoms with Gasteiger partial charge in [-0.3, -0.25) is 0 Å². The maximum atomic E-state index is 5.23. The summed E-state index contributed by atoms with van der Waals surface area (Å²) in [5, 5.41) is 18.3. The molecule has 0 aliphatic carbocycles. The number of fused-ring (bicyclic) bond motifs is 2. The predicted octanol–water partition coefficient (Wildman–Crippen LogP) is 5.17. The molecule has 0 unspecified atom stereocenters. The average molecular weight is 329 g/mol. The van der Waals surface area contributed by atoms with E-state index in [1.807, 2.05) is 35.7 Å². The highest BCUT2D eigenvalue weighted by molar-refractivity contribution is 7.13. The van der Waals surface area contributed by atoms with Crippen LogP contribution in [0.1, 0.15) is 0 Å².